The fraction of sp³-hybridized carbons (Fsp3) is 0.462. The lowest BCUT2D eigenvalue weighted by molar-refractivity contribution is -0.124. The van der Waals surface area contributed by atoms with Crippen LogP contribution < -0.4 is 5.32 Å². The molecule has 1 atom stereocenters. The number of nitrogens with zero attached hydrogens (tertiary/aromatic N) is 4. The van der Waals surface area contributed by atoms with E-state index in [4.69, 9.17) is 11.6 Å². The number of rotatable bonds is 4. The van der Waals surface area contributed by atoms with E-state index in [1.807, 2.05) is 33.2 Å². The monoisotopic (exact) mass is 295 g/mol. The van der Waals surface area contributed by atoms with Crippen molar-refractivity contribution in [3.8, 4) is 0 Å². The van der Waals surface area contributed by atoms with E-state index < -0.39 is 6.04 Å². The molecule has 7 heteroatoms. The van der Waals surface area contributed by atoms with Crippen molar-refractivity contribution >= 4 is 17.5 Å². The molecule has 0 saturated carbocycles. The molecule has 0 aliphatic heterocycles. The lowest BCUT2D eigenvalue weighted by atomic mass is 10.3. The molecule has 2 aromatic rings. The van der Waals surface area contributed by atoms with Crippen molar-refractivity contribution < 1.29 is 4.79 Å². The molecule has 0 aliphatic carbocycles. The lowest BCUT2D eigenvalue weighted by Gasteiger charge is -2.14. The second kappa shape index (κ2) is 5.66. The lowest BCUT2D eigenvalue weighted by Crippen LogP contribution is -2.31. The molecule has 2 heterocycles. The topological polar surface area (TPSA) is 64.7 Å². The molecule has 0 bridgehead atoms. The molecule has 0 spiro atoms. The summed E-state index contributed by atoms with van der Waals surface area (Å²) in [6, 6.07) is 1.45. The fourth-order valence-corrected chi connectivity index (χ4v) is 2.14. The minimum Gasteiger partial charge on any atom is -0.349 e. The number of halogens is 1. The van der Waals surface area contributed by atoms with Crippen molar-refractivity contribution in [3.63, 3.8) is 0 Å². The first-order chi connectivity index (χ1) is 9.40. The van der Waals surface area contributed by atoms with Gasteiger partial charge in [-0.25, -0.2) is 0 Å². The predicted octanol–water partition coefficient (Wildman–Crippen LogP) is 1.76. The van der Waals surface area contributed by atoms with Crippen LogP contribution in [0.15, 0.2) is 12.3 Å². The molecule has 0 fully saturated rings. The summed E-state index contributed by atoms with van der Waals surface area (Å²) in [6.45, 7) is 5.87. The van der Waals surface area contributed by atoms with E-state index in [0.717, 1.165) is 17.1 Å². The highest BCUT2D eigenvalue weighted by Crippen LogP contribution is 2.22. The summed E-state index contributed by atoms with van der Waals surface area (Å²) in [5, 5.41) is 12.0. The van der Waals surface area contributed by atoms with Crippen molar-refractivity contribution in [1.29, 1.82) is 0 Å². The van der Waals surface area contributed by atoms with E-state index in [1.54, 1.807) is 16.3 Å². The molecule has 0 aromatic carbocycles. The molecule has 0 aliphatic rings. The van der Waals surface area contributed by atoms with Gasteiger partial charge in [-0.15, -0.1) is 0 Å². The van der Waals surface area contributed by atoms with E-state index in [0.29, 0.717) is 11.6 Å². The predicted molar refractivity (Wildman–Crippen MR) is 76.5 cm³/mol. The van der Waals surface area contributed by atoms with E-state index >= 15 is 0 Å². The Bertz CT molecular complexity index is 631. The van der Waals surface area contributed by atoms with Gasteiger partial charge in [0, 0.05) is 13.2 Å². The molecule has 6 nitrogen and oxygen atoms in total. The van der Waals surface area contributed by atoms with Crippen LogP contribution in [0.4, 0.5) is 0 Å². The SMILES string of the molecule is Cc1nn(C(C)C(=O)NCc2ccn(C)n2)c(C)c1Cl. The van der Waals surface area contributed by atoms with Crippen molar-refractivity contribution in [2.75, 3.05) is 0 Å². The highest BCUT2D eigenvalue weighted by molar-refractivity contribution is 6.31. The molecular formula is C13H18ClN5O. The maximum absolute atomic E-state index is 12.1. The van der Waals surface area contributed by atoms with Crippen LogP contribution in [0.5, 0.6) is 0 Å². The first kappa shape index (κ1) is 14.6. The van der Waals surface area contributed by atoms with Crippen molar-refractivity contribution in [1.82, 2.24) is 24.9 Å². The normalized spacial score (nSPS) is 12.4. The number of aryl methyl sites for hydroxylation is 2. The van der Waals surface area contributed by atoms with Crippen LogP contribution in [0.25, 0.3) is 0 Å². The number of amides is 1. The zero-order valence-corrected chi connectivity index (χ0v) is 12.8. The van der Waals surface area contributed by atoms with Gasteiger partial charge >= 0.3 is 0 Å². The quantitative estimate of drug-likeness (QED) is 0.935. The second-order valence-corrected chi connectivity index (χ2v) is 5.18. The van der Waals surface area contributed by atoms with Gasteiger partial charge in [0.05, 0.1) is 28.6 Å². The van der Waals surface area contributed by atoms with Crippen molar-refractivity contribution in [2.24, 2.45) is 7.05 Å². The third kappa shape index (κ3) is 2.85. The maximum atomic E-state index is 12.1. The van der Waals surface area contributed by atoms with Gasteiger partial charge in [0.25, 0.3) is 0 Å². The van der Waals surface area contributed by atoms with E-state index in [1.165, 1.54) is 0 Å². The molecular weight excluding hydrogens is 278 g/mol. The number of carbonyl (C=O) groups excluding carboxylic acids is 1. The minimum atomic E-state index is -0.412. The van der Waals surface area contributed by atoms with Gasteiger partial charge in [-0.2, -0.15) is 10.2 Å². The number of aromatic nitrogens is 4. The van der Waals surface area contributed by atoms with Gasteiger partial charge in [-0.3, -0.25) is 14.2 Å². The van der Waals surface area contributed by atoms with Crippen LogP contribution in [-0.4, -0.2) is 25.5 Å². The molecule has 108 valence electrons. The second-order valence-electron chi connectivity index (χ2n) is 4.80. The Morgan fingerprint density at radius 1 is 1.45 bits per heavy atom. The Morgan fingerprint density at radius 3 is 2.65 bits per heavy atom. The van der Waals surface area contributed by atoms with E-state index in [2.05, 4.69) is 15.5 Å². The highest BCUT2D eigenvalue weighted by atomic mass is 35.5. The molecule has 0 radical (unpaired) electrons. The zero-order valence-electron chi connectivity index (χ0n) is 12.0. The smallest absolute Gasteiger partial charge is 0.244 e. The van der Waals surface area contributed by atoms with Crippen LogP contribution in [0, 0.1) is 13.8 Å². The van der Waals surface area contributed by atoms with Gasteiger partial charge in [0.2, 0.25) is 5.91 Å². The largest absolute Gasteiger partial charge is 0.349 e. The van der Waals surface area contributed by atoms with Crippen LogP contribution in [0.1, 0.15) is 30.0 Å². The number of hydrogen-bond acceptors (Lipinski definition) is 3. The molecule has 0 saturated heterocycles. The van der Waals surface area contributed by atoms with Crippen LogP contribution in [-0.2, 0) is 18.4 Å². The summed E-state index contributed by atoms with van der Waals surface area (Å²) >= 11 is 6.10. The summed E-state index contributed by atoms with van der Waals surface area (Å²) in [4.78, 5) is 12.1. The maximum Gasteiger partial charge on any atom is 0.244 e. The number of hydrogen-bond donors (Lipinski definition) is 1. The summed E-state index contributed by atoms with van der Waals surface area (Å²) in [5.74, 6) is -0.113. The molecule has 20 heavy (non-hydrogen) atoms. The van der Waals surface area contributed by atoms with Gasteiger partial charge in [0.1, 0.15) is 6.04 Å². The average molecular weight is 296 g/mol. The summed E-state index contributed by atoms with van der Waals surface area (Å²) < 4.78 is 3.34. The van der Waals surface area contributed by atoms with E-state index in [9.17, 15) is 4.79 Å². The third-order valence-corrected chi connectivity index (χ3v) is 3.74. The molecule has 1 unspecified atom stereocenters. The van der Waals surface area contributed by atoms with Crippen LogP contribution in [0.3, 0.4) is 0 Å². The van der Waals surface area contributed by atoms with E-state index in [-0.39, 0.29) is 5.91 Å². The minimum absolute atomic E-state index is 0.113. The fourth-order valence-electron chi connectivity index (χ4n) is 2.01. The van der Waals surface area contributed by atoms with Gasteiger partial charge < -0.3 is 5.32 Å². The molecule has 1 amide bonds. The number of nitrogens with one attached hydrogen (secondary N) is 1. The van der Waals surface area contributed by atoms with Crippen LogP contribution in [0.2, 0.25) is 5.02 Å². The number of carbonyl (C=O) groups is 1. The Balaban J connectivity index is 2.03. The highest BCUT2D eigenvalue weighted by Gasteiger charge is 2.20. The standard InChI is InChI=1S/C13H18ClN5O/c1-8-12(14)9(2)19(16-8)10(3)13(20)15-7-11-5-6-18(4)17-11/h5-6,10H,7H2,1-4H3,(H,15,20). The summed E-state index contributed by atoms with van der Waals surface area (Å²) in [5.41, 5.74) is 2.35. The van der Waals surface area contributed by atoms with Crippen molar-refractivity contribution in [3.05, 3.63) is 34.4 Å². The molecule has 1 N–H and O–H groups in total. The zero-order chi connectivity index (χ0) is 14.9. The van der Waals surface area contributed by atoms with Gasteiger partial charge in [-0.05, 0) is 26.8 Å². The Hall–Kier alpha value is -1.82. The molecule has 2 rings (SSSR count). The van der Waals surface area contributed by atoms with Gasteiger partial charge in [-0.1, -0.05) is 11.6 Å². The van der Waals surface area contributed by atoms with Crippen molar-refractivity contribution in [2.45, 2.75) is 33.4 Å². The van der Waals surface area contributed by atoms with Crippen LogP contribution >= 0.6 is 11.6 Å². The summed E-state index contributed by atoms with van der Waals surface area (Å²) in [6.07, 6.45) is 1.84. The first-order valence-electron chi connectivity index (χ1n) is 6.37. The first-order valence-corrected chi connectivity index (χ1v) is 6.75. The Labute approximate surface area is 122 Å². The Kier molecular flexibility index (Phi) is 4.13. The third-order valence-electron chi connectivity index (χ3n) is 3.20. The Morgan fingerprint density at radius 2 is 2.15 bits per heavy atom. The molecule has 2 aromatic heterocycles. The van der Waals surface area contributed by atoms with Gasteiger partial charge in [0.15, 0.2) is 0 Å². The average Bonchev–Trinajstić information content (AvgIpc) is 2.94. The summed E-state index contributed by atoms with van der Waals surface area (Å²) in [7, 11) is 1.84.